The molecule has 0 aliphatic rings. The highest BCUT2D eigenvalue weighted by atomic mass is 32.2. The van der Waals surface area contributed by atoms with Gasteiger partial charge in [0.15, 0.2) is 0 Å². The molecule has 1 N–H and O–H groups in total. The van der Waals surface area contributed by atoms with Crippen LogP contribution in [0.3, 0.4) is 0 Å². The Morgan fingerprint density at radius 2 is 1.80 bits per heavy atom. The molecule has 2 heteroatoms. The standard InChI is InChI=1S/C13H29NS/c1-5-7-8-10-15-13(4)11-12(3)14-9-6-2/h12-14H,5-11H2,1-4H3. The molecule has 0 aromatic heterocycles. The molecule has 0 aromatic rings. The highest BCUT2D eigenvalue weighted by molar-refractivity contribution is 7.99. The van der Waals surface area contributed by atoms with Crippen molar-refractivity contribution in [2.75, 3.05) is 12.3 Å². The van der Waals surface area contributed by atoms with Gasteiger partial charge in [0, 0.05) is 11.3 Å². The van der Waals surface area contributed by atoms with E-state index in [0.717, 1.165) is 11.8 Å². The SMILES string of the molecule is CCCCCSC(C)CC(C)NCCC. The van der Waals surface area contributed by atoms with Crippen LogP contribution in [0, 0.1) is 0 Å². The van der Waals surface area contributed by atoms with Gasteiger partial charge in [-0.05, 0) is 38.5 Å². The van der Waals surface area contributed by atoms with E-state index in [1.54, 1.807) is 0 Å². The van der Waals surface area contributed by atoms with Crippen LogP contribution in [0.2, 0.25) is 0 Å². The first-order valence-corrected chi connectivity index (χ1v) is 7.60. The molecule has 1 nitrogen and oxygen atoms in total. The van der Waals surface area contributed by atoms with E-state index in [4.69, 9.17) is 0 Å². The van der Waals surface area contributed by atoms with Crippen LogP contribution in [0.25, 0.3) is 0 Å². The van der Waals surface area contributed by atoms with Crippen molar-refractivity contribution in [2.45, 2.75) is 71.1 Å². The van der Waals surface area contributed by atoms with Crippen LogP contribution in [0.15, 0.2) is 0 Å². The monoisotopic (exact) mass is 231 g/mol. The number of unbranched alkanes of at least 4 members (excludes halogenated alkanes) is 2. The Labute approximate surface area is 101 Å². The number of rotatable bonds is 10. The van der Waals surface area contributed by atoms with E-state index >= 15 is 0 Å². The van der Waals surface area contributed by atoms with Gasteiger partial charge in [0.25, 0.3) is 0 Å². The summed E-state index contributed by atoms with van der Waals surface area (Å²) >= 11 is 2.14. The average molecular weight is 231 g/mol. The first kappa shape index (κ1) is 15.3. The molecule has 0 fully saturated rings. The van der Waals surface area contributed by atoms with E-state index in [0.29, 0.717) is 6.04 Å². The third kappa shape index (κ3) is 10.6. The quantitative estimate of drug-likeness (QED) is 0.569. The zero-order valence-corrected chi connectivity index (χ0v) is 11.8. The van der Waals surface area contributed by atoms with Gasteiger partial charge in [0.05, 0.1) is 0 Å². The fourth-order valence-corrected chi connectivity index (χ4v) is 2.87. The summed E-state index contributed by atoms with van der Waals surface area (Å²) in [4.78, 5) is 0. The average Bonchev–Trinajstić information content (AvgIpc) is 2.21. The molecule has 0 aliphatic heterocycles. The maximum absolute atomic E-state index is 3.55. The maximum atomic E-state index is 3.55. The highest BCUT2D eigenvalue weighted by Gasteiger charge is 2.07. The summed E-state index contributed by atoms with van der Waals surface area (Å²) in [6.07, 6.45) is 6.66. The molecular weight excluding hydrogens is 202 g/mol. The normalized spacial score (nSPS) is 15.2. The van der Waals surface area contributed by atoms with E-state index in [1.165, 1.54) is 37.9 Å². The molecule has 0 aliphatic carbocycles. The third-order valence-electron chi connectivity index (χ3n) is 2.58. The van der Waals surface area contributed by atoms with Crippen molar-refractivity contribution < 1.29 is 0 Å². The van der Waals surface area contributed by atoms with Gasteiger partial charge in [0.2, 0.25) is 0 Å². The molecule has 92 valence electrons. The Balaban J connectivity index is 3.33. The van der Waals surface area contributed by atoms with Gasteiger partial charge in [-0.2, -0.15) is 11.8 Å². The Hall–Kier alpha value is 0.310. The molecule has 0 saturated heterocycles. The lowest BCUT2D eigenvalue weighted by atomic mass is 10.2. The molecule has 0 heterocycles. The van der Waals surface area contributed by atoms with Crippen LogP contribution in [0.1, 0.15) is 59.8 Å². The van der Waals surface area contributed by atoms with Gasteiger partial charge in [-0.1, -0.05) is 33.6 Å². The Morgan fingerprint density at radius 3 is 2.40 bits per heavy atom. The van der Waals surface area contributed by atoms with Crippen molar-refractivity contribution in [2.24, 2.45) is 0 Å². The Kier molecular flexibility index (Phi) is 11.0. The van der Waals surface area contributed by atoms with Crippen molar-refractivity contribution >= 4 is 11.8 Å². The molecule has 2 unspecified atom stereocenters. The fraction of sp³-hybridized carbons (Fsp3) is 1.00. The second-order valence-corrected chi connectivity index (χ2v) is 6.03. The van der Waals surface area contributed by atoms with Crippen molar-refractivity contribution in [1.82, 2.24) is 5.32 Å². The first-order valence-electron chi connectivity index (χ1n) is 6.55. The van der Waals surface area contributed by atoms with Crippen LogP contribution in [-0.4, -0.2) is 23.6 Å². The maximum Gasteiger partial charge on any atom is 0.00491 e. The predicted octanol–water partition coefficient (Wildman–Crippen LogP) is 4.08. The highest BCUT2D eigenvalue weighted by Crippen LogP contribution is 2.17. The molecule has 0 spiro atoms. The van der Waals surface area contributed by atoms with Gasteiger partial charge in [-0.25, -0.2) is 0 Å². The van der Waals surface area contributed by atoms with Gasteiger partial charge in [-0.15, -0.1) is 0 Å². The van der Waals surface area contributed by atoms with Crippen LogP contribution in [-0.2, 0) is 0 Å². The summed E-state index contributed by atoms with van der Waals surface area (Å²) in [5.74, 6) is 1.34. The molecular formula is C13H29NS. The van der Waals surface area contributed by atoms with Crippen molar-refractivity contribution in [3.63, 3.8) is 0 Å². The number of thioether (sulfide) groups is 1. The Morgan fingerprint density at radius 1 is 1.07 bits per heavy atom. The van der Waals surface area contributed by atoms with Gasteiger partial charge < -0.3 is 5.32 Å². The van der Waals surface area contributed by atoms with Gasteiger partial charge in [-0.3, -0.25) is 0 Å². The topological polar surface area (TPSA) is 12.0 Å². The summed E-state index contributed by atoms with van der Waals surface area (Å²) < 4.78 is 0. The molecule has 2 atom stereocenters. The minimum atomic E-state index is 0.679. The molecule has 0 saturated carbocycles. The summed E-state index contributed by atoms with van der Waals surface area (Å²) in [6, 6.07) is 0.679. The molecule has 15 heavy (non-hydrogen) atoms. The molecule has 0 rings (SSSR count). The number of hydrogen-bond acceptors (Lipinski definition) is 2. The zero-order chi connectivity index (χ0) is 11.5. The first-order chi connectivity index (χ1) is 7.20. The second kappa shape index (κ2) is 10.8. The zero-order valence-electron chi connectivity index (χ0n) is 11.0. The molecule has 0 radical (unpaired) electrons. The largest absolute Gasteiger partial charge is 0.314 e. The smallest absolute Gasteiger partial charge is 0.00491 e. The lowest BCUT2D eigenvalue weighted by molar-refractivity contribution is 0.513. The minimum Gasteiger partial charge on any atom is -0.314 e. The van der Waals surface area contributed by atoms with E-state index < -0.39 is 0 Å². The van der Waals surface area contributed by atoms with E-state index in [-0.39, 0.29) is 0 Å². The summed E-state index contributed by atoms with van der Waals surface area (Å²) in [7, 11) is 0. The van der Waals surface area contributed by atoms with Gasteiger partial charge >= 0.3 is 0 Å². The summed E-state index contributed by atoms with van der Waals surface area (Å²) in [5, 5.41) is 4.36. The molecule has 0 bridgehead atoms. The lowest BCUT2D eigenvalue weighted by Gasteiger charge is -2.18. The van der Waals surface area contributed by atoms with Crippen molar-refractivity contribution in [3.8, 4) is 0 Å². The van der Waals surface area contributed by atoms with E-state index in [2.05, 4.69) is 44.8 Å². The van der Waals surface area contributed by atoms with Crippen LogP contribution >= 0.6 is 11.8 Å². The minimum absolute atomic E-state index is 0.679. The number of nitrogens with one attached hydrogen (secondary N) is 1. The van der Waals surface area contributed by atoms with Crippen molar-refractivity contribution in [1.29, 1.82) is 0 Å². The Bertz CT molecular complexity index is 128. The predicted molar refractivity (Wildman–Crippen MR) is 73.8 cm³/mol. The fourth-order valence-electron chi connectivity index (χ4n) is 1.68. The third-order valence-corrected chi connectivity index (χ3v) is 3.86. The van der Waals surface area contributed by atoms with Gasteiger partial charge in [0.1, 0.15) is 0 Å². The second-order valence-electron chi connectivity index (χ2n) is 4.48. The van der Waals surface area contributed by atoms with E-state index in [1.807, 2.05) is 0 Å². The lowest BCUT2D eigenvalue weighted by Crippen LogP contribution is -2.29. The summed E-state index contributed by atoms with van der Waals surface area (Å²) in [5.41, 5.74) is 0. The van der Waals surface area contributed by atoms with Crippen molar-refractivity contribution in [3.05, 3.63) is 0 Å². The molecule has 0 amide bonds. The van der Waals surface area contributed by atoms with Crippen LogP contribution < -0.4 is 5.32 Å². The van der Waals surface area contributed by atoms with Crippen LogP contribution in [0.4, 0.5) is 0 Å². The van der Waals surface area contributed by atoms with E-state index in [9.17, 15) is 0 Å². The summed E-state index contributed by atoms with van der Waals surface area (Å²) in [6.45, 7) is 10.3. The number of hydrogen-bond donors (Lipinski definition) is 1. The molecule has 0 aromatic carbocycles. The van der Waals surface area contributed by atoms with Crippen LogP contribution in [0.5, 0.6) is 0 Å².